The summed E-state index contributed by atoms with van der Waals surface area (Å²) in [5.41, 5.74) is 2.62. The molecule has 6 nitrogen and oxygen atoms in total. The number of nitrogens with one attached hydrogen (secondary N) is 2. The highest BCUT2D eigenvalue weighted by Gasteiger charge is 2.17. The van der Waals surface area contributed by atoms with Crippen LogP contribution in [0.15, 0.2) is 67.3 Å². The van der Waals surface area contributed by atoms with Gasteiger partial charge in [-0.05, 0) is 49.6 Å². The summed E-state index contributed by atoms with van der Waals surface area (Å²) in [6, 6.07) is 15.6. The third kappa shape index (κ3) is 6.20. The van der Waals surface area contributed by atoms with Gasteiger partial charge in [0.15, 0.2) is 0 Å². The van der Waals surface area contributed by atoms with E-state index in [9.17, 15) is 4.79 Å². The lowest BCUT2D eigenvalue weighted by atomic mass is 9.85. The fourth-order valence-electron chi connectivity index (χ4n) is 4.43. The second-order valence-corrected chi connectivity index (χ2v) is 8.66. The molecule has 1 saturated carbocycles. The molecule has 1 aliphatic rings. The molecule has 4 rings (SSSR count). The number of imidazole rings is 1. The molecule has 32 heavy (non-hydrogen) atoms. The van der Waals surface area contributed by atoms with E-state index in [1.807, 2.05) is 59.3 Å². The average Bonchev–Trinajstić information content (AvgIpc) is 3.35. The number of hydrogen-bond donors (Lipinski definition) is 2. The van der Waals surface area contributed by atoms with E-state index in [2.05, 4.69) is 22.5 Å². The first kappa shape index (κ1) is 22.1. The number of hydrogen-bond acceptors (Lipinski definition) is 4. The van der Waals surface area contributed by atoms with Gasteiger partial charge in [0.25, 0.3) is 0 Å². The Balaban J connectivity index is 1.44. The lowest BCUT2D eigenvalue weighted by molar-refractivity contribution is 0.214. The molecule has 0 aliphatic heterocycles. The first-order chi connectivity index (χ1) is 15.7. The van der Waals surface area contributed by atoms with Crippen molar-refractivity contribution in [2.75, 3.05) is 5.32 Å². The molecule has 2 N–H and O–H groups in total. The lowest BCUT2D eigenvalue weighted by Crippen LogP contribution is -2.29. The summed E-state index contributed by atoms with van der Waals surface area (Å²) in [6.07, 6.45) is 12.9. The summed E-state index contributed by atoms with van der Waals surface area (Å²) in [5.74, 6) is 1.37. The highest BCUT2D eigenvalue weighted by atomic mass is 16.6. The third-order valence-electron chi connectivity index (χ3n) is 6.12. The number of amides is 1. The maximum atomic E-state index is 12.5. The van der Waals surface area contributed by atoms with E-state index >= 15 is 0 Å². The van der Waals surface area contributed by atoms with Gasteiger partial charge in [0.2, 0.25) is 0 Å². The number of benzene rings is 2. The van der Waals surface area contributed by atoms with Gasteiger partial charge in [-0.3, -0.25) is 5.32 Å². The van der Waals surface area contributed by atoms with Crippen LogP contribution in [0.3, 0.4) is 0 Å². The van der Waals surface area contributed by atoms with Crippen molar-refractivity contribution in [1.29, 1.82) is 0 Å². The van der Waals surface area contributed by atoms with E-state index in [-0.39, 0.29) is 0 Å². The Morgan fingerprint density at radius 1 is 1.16 bits per heavy atom. The number of rotatable bonds is 8. The molecule has 0 spiro atoms. The van der Waals surface area contributed by atoms with Gasteiger partial charge in [0.1, 0.15) is 5.75 Å². The van der Waals surface area contributed by atoms with Crippen molar-refractivity contribution in [2.24, 2.45) is 5.92 Å². The van der Waals surface area contributed by atoms with Gasteiger partial charge in [-0.15, -0.1) is 0 Å². The zero-order valence-corrected chi connectivity index (χ0v) is 18.7. The first-order valence-electron chi connectivity index (χ1n) is 11.6. The standard InChI is InChI=1S/C26H32N4O2/c1-20(16-21-8-4-2-5-9-21)28-18-22-17-24(30-15-14-27-19-30)12-13-25(22)32-26(31)29-23-10-6-3-7-11-23/h3,6-7,10-15,17,19-21,28H,2,4-5,8-9,16,18H2,1H3,(H,29,31). The molecule has 2 aromatic carbocycles. The Bertz CT molecular complexity index is 982. The van der Waals surface area contributed by atoms with E-state index in [4.69, 9.17) is 4.74 Å². The van der Waals surface area contributed by atoms with Gasteiger partial charge < -0.3 is 14.6 Å². The second kappa shape index (κ2) is 11.0. The zero-order chi connectivity index (χ0) is 22.2. The van der Waals surface area contributed by atoms with Crippen molar-refractivity contribution in [2.45, 2.75) is 58.0 Å². The molecule has 0 radical (unpaired) electrons. The average molecular weight is 433 g/mol. The molecule has 1 amide bonds. The van der Waals surface area contributed by atoms with Crippen LogP contribution in [-0.4, -0.2) is 21.7 Å². The summed E-state index contributed by atoms with van der Waals surface area (Å²) in [4.78, 5) is 16.6. The second-order valence-electron chi connectivity index (χ2n) is 8.66. The van der Waals surface area contributed by atoms with Gasteiger partial charge >= 0.3 is 6.09 Å². The molecule has 168 valence electrons. The third-order valence-corrected chi connectivity index (χ3v) is 6.12. The largest absolute Gasteiger partial charge is 0.417 e. The van der Waals surface area contributed by atoms with E-state index < -0.39 is 6.09 Å². The van der Waals surface area contributed by atoms with Crippen LogP contribution in [0.2, 0.25) is 0 Å². The molecule has 1 fully saturated rings. The Morgan fingerprint density at radius 3 is 2.72 bits per heavy atom. The highest BCUT2D eigenvalue weighted by Crippen LogP contribution is 2.28. The number of aromatic nitrogens is 2. The summed E-state index contributed by atoms with van der Waals surface area (Å²) in [7, 11) is 0. The predicted octanol–water partition coefficient (Wildman–Crippen LogP) is 5.93. The lowest BCUT2D eigenvalue weighted by Gasteiger charge is -2.25. The van der Waals surface area contributed by atoms with Crippen LogP contribution in [0.5, 0.6) is 5.75 Å². The van der Waals surface area contributed by atoms with Crippen molar-refractivity contribution in [3.05, 3.63) is 72.8 Å². The van der Waals surface area contributed by atoms with E-state index in [0.717, 1.165) is 17.2 Å². The van der Waals surface area contributed by atoms with Crippen molar-refractivity contribution in [3.63, 3.8) is 0 Å². The first-order valence-corrected chi connectivity index (χ1v) is 11.6. The maximum Gasteiger partial charge on any atom is 0.417 e. The van der Waals surface area contributed by atoms with Crippen LogP contribution >= 0.6 is 0 Å². The van der Waals surface area contributed by atoms with Crippen LogP contribution in [0.25, 0.3) is 5.69 Å². The smallest absolute Gasteiger partial charge is 0.410 e. The highest BCUT2D eigenvalue weighted by molar-refractivity contribution is 5.86. The van der Waals surface area contributed by atoms with Gasteiger partial charge in [-0.25, -0.2) is 9.78 Å². The van der Waals surface area contributed by atoms with E-state index in [1.165, 1.54) is 38.5 Å². The van der Waals surface area contributed by atoms with Gasteiger partial charge in [-0.1, -0.05) is 50.3 Å². The normalized spacial score (nSPS) is 15.3. The molecule has 3 aromatic rings. The summed E-state index contributed by atoms with van der Waals surface area (Å²) in [6.45, 7) is 2.88. The monoisotopic (exact) mass is 432 g/mol. The van der Waals surface area contributed by atoms with Gasteiger partial charge in [0.05, 0.1) is 6.33 Å². The Morgan fingerprint density at radius 2 is 1.97 bits per heavy atom. The number of carbonyl (C=O) groups excluding carboxylic acids is 1. The summed E-state index contributed by atoms with van der Waals surface area (Å²) < 4.78 is 7.64. The molecular weight excluding hydrogens is 400 g/mol. The number of carbonyl (C=O) groups is 1. The molecule has 0 saturated heterocycles. The SMILES string of the molecule is CC(CC1CCCCC1)NCc1cc(-n2ccnc2)ccc1OC(=O)Nc1ccccc1. The minimum Gasteiger partial charge on any atom is -0.410 e. The Hall–Kier alpha value is -3.12. The molecule has 1 aliphatic carbocycles. The van der Waals surface area contributed by atoms with Crippen molar-refractivity contribution < 1.29 is 9.53 Å². The van der Waals surface area contributed by atoms with Crippen LogP contribution in [0, 0.1) is 5.92 Å². The fourth-order valence-corrected chi connectivity index (χ4v) is 4.43. The van der Waals surface area contributed by atoms with E-state index in [0.29, 0.717) is 24.0 Å². The van der Waals surface area contributed by atoms with Crippen molar-refractivity contribution >= 4 is 11.8 Å². The maximum absolute atomic E-state index is 12.5. The minimum atomic E-state index is -0.497. The number of ether oxygens (including phenoxy) is 1. The predicted molar refractivity (Wildman–Crippen MR) is 127 cm³/mol. The topological polar surface area (TPSA) is 68.2 Å². The van der Waals surface area contributed by atoms with Crippen molar-refractivity contribution in [3.8, 4) is 11.4 Å². The molecule has 0 bridgehead atoms. The minimum absolute atomic E-state index is 0.404. The molecule has 6 heteroatoms. The van der Waals surface area contributed by atoms with Crippen LogP contribution in [0.4, 0.5) is 10.5 Å². The quantitative estimate of drug-likeness (QED) is 0.463. The van der Waals surface area contributed by atoms with Gasteiger partial charge in [-0.2, -0.15) is 0 Å². The summed E-state index contributed by atoms with van der Waals surface area (Å²) in [5, 5.41) is 6.43. The fraction of sp³-hybridized carbons (Fsp3) is 0.385. The number of anilines is 1. The van der Waals surface area contributed by atoms with E-state index in [1.54, 1.807) is 12.5 Å². The Labute approximate surface area is 190 Å². The Kier molecular flexibility index (Phi) is 7.56. The number of para-hydroxylation sites is 1. The van der Waals surface area contributed by atoms with Crippen LogP contribution in [0.1, 0.15) is 51.0 Å². The molecule has 1 aromatic heterocycles. The molecular formula is C26H32N4O2. The zero-order valence-electron chi connectivity index (χ0n) is 18.7. The van der Waals surface area contributed by atoms with Gasteiger partial charge in [0, 0.05) is 41.9 Å². The molecule has 1 heterocycles. The number of nitrogens with zero attached hydrogens (tertiary/aromatic N) is 2. The van der Waals surface area contributed by atoms with Crippen LogP contribution < -0.4 is 15.4 Å². The van der Waals surface area contributed by atoms with Crippen molar-refractivity contribution in [1.82, 2.24) is 14.9 Å². The van der Waals surface area contributed by atoms with Crippen LogP contribution in [-0.2, 0) is 6.54 Å². The molecule has 1 unspecified atom stereocenters. The molecule has 1 atom stereocenters. The summed E-state index contributed by atoms with van der Waals surface area (Å²) >= 11 is 0.